The molecule has 6 N–H and O–H groups in total. The Morgan fingerprint density at radius 2 is 1.03 bits per heavy atom. The smallest absolute Gasteiger partial charge is 0.323 e. The lowest BCUT2D eigenvalue weighted by atomic mass is 10.1. The summed E-state index contributed by atoms with van der Waals surface area (Å²) in [6.45, 7) is -1.84. The number of carboxylic acids is 3. The second-order valence-corrected chi connectivity index (χ2v) is 7.71. The normalized spacial score (nSPS) is 19.6. The van der Waals surface area contributed by atoms with E-state index in [0.717, 1.165) is 0 Å². The first-order valence-corrected chi connectivity index (χ1v) is 10.4. The molecule has 0 amide bonds. The largest absolute Gasteiger partial charge is 0.480 e. The van der Waals surface area contributed by atoms with Gasteiger partial charge >= 0.3 is 17.9 Å². The van der Waals surface area contributed by atoms with Crippen molar-refractivity contribution in [2.75, 3.05) is 46.0 Å². The maximum absolute atomic E-state index is 11.7. The van der Waals surface area contributed by atoms with Crippen LogP contribution in [0, 0.1) is 0 Å². The molecular formula is C20H30N4O9. The molecule has 3 unspecified atom stereocenters. The zero-order chi connectivity index (χ0) is 24.5. The molecule has 33 heavy (non-hydrogen) atoms. The number of aliphatic hydroxyl groups excluding tert-OH is 3. The summed E-state index contributed by atoms with van der Waals surface area (Å²) >= 11 is 0. The van der Waals surface area contributed by atoms with E-state index in [0.29, 0.717) is 11.4 Å². The minimum Gasteiger partial charge on any atom is -0.480 e. The zero-order valence-electron chi connectivity index (χ0n) is 18.0. The predicted octanol–water partition coefficient (Wildman–Crippen LogP) is -2.66. The van der Waals surface area contributed by atoms with E-state index in [1.165, 1.54) is 14.7 Å². The van der Waals surface area contributed by atoms with Crippen molar-refractivity contribution >= 4 is 17.9 Å². The summed E-state index contributed by atoms with van der Waals surface area (Å²) in [6, 6.07) is 1.22. The highest BCUT2D eigenvalue weighted by Gasteiger charge is 2.32. The third-order valence-electron chi connectivity index (χ3n) is 5.64. The molecule has 184 valence electrons. The minimum atomic E-state index is -1.30. The molecule has 2 heterocycles. The van der Waals surface area contributed by atoms with Crippen molar-refractivity contribution in [2.24, 2.45) is 0 Å². The van der Waals surface area contributed by atoms with Gasteiger partial charge in [-0.2, -0.15) is 0 Å². The molecule has 13 nitrogen and oxygen atoms in total. The van der Waals surface area contributed by atoms with Crippen molar-refractivity contribution in [1.82, 2.24) is 19.7 Å². The summed E-state index contributed by atoms with van der Waals surface area (Å²) < 4.78 is 0. The third-order valence-corrected chi connectivity index (χ3v) is 5.64. The van der Waals surface area contributed by atoms with E-state index in [9.17, 15) is 45.0 Å². The van der Waals surface area contributed by atoms with Crippen molar-refractivity contribution < 1.29 is 45.0 Å². The van der Waals surface area contributed by atoms with Crippen LogP contribution >= 0.6 is 0 Å². The summed E-state index contributed by atoms with van der Waals surface area (Å²) in [6.07, 6.45) is 0. The van der Waals surface area contributed by atoms with Crippen LogP contribution in [0.5, 0.6) is 0 Å². The second-order valence-electron chi connectivity index (χ2n) is 7.71. The van der Waals surface area contributed by atoms with Gasteiger partial charge in [-0.05, 0) is 12.1 Å². The molecule has 0 aliphatic carbocycles. The highest BCUT2D eigenvalue weighted by molar-refractivity contribution is 5.74. The summed E-state index contributed by atoms with van der Waals surface area (Å²) in [5, 5.41) is 57.4. The Labute approximate surface area is 190 Å². The number of carbonyl (C=O) groups is 3. The number of nitrogens with zero attached hydrogens (tertiary/aromatic N) is 4. The average Bonchev–Trinajstić information content (AvgIpc) is 2.74. The zero-order valence-corrected chi connectivity index (χ0v) is 18.0. The maximum atomic E-state index is 11.7. The molecule has 1 aliphatic rings. The fraction of sp³-hybridized carbons (Fsp3) is 0.600. The summed E-state index contributed by atoms with van der Waals surface area (Å²) in [4.78, 5) is 43.8. The second kappa shape index (κ2) is 12.5. The molecule has 2 rings (SSSR count). The lowest BCUT2D eigenvalue weighted by Crippen LogP contribution is -2.53. The van der Waals surface area contributed by atoms with Gasteiger partial charge in [0.15, 0.2) is 0 Å². The molecule has 0 radical (unpaired) electrons. The van der Waals surface area contributed by atoms with Gasteiger partial charge in [-0.15, -0.1) is 0 Å². The topological polar surface area (TPSA) is 195 Å². The van der Waals surface area contributed by atoms with Crippen LogP contribution < -0.4 is 0 Å². The molecule has 1 aromatic rings. The predicted molar refractivity (Wildman–Crippen MR) is 112 cm³/mol. The Kier molecular flexibility index (Phi) is 10.1. The molecule has 0 spiro atoms. The number of aliphatic carboxylic acids is 3. The molecule has 3 atom stereocenters. The van der Waals surface area contributed by atoms with E-state index in [-0.39, 0.29) is 39.3 Å². The molecule has 1 aromatic heterocycles. The number of aromatic nitrogens is 1. The van der Waals surface area contributed by atoms with Gasteiger partial charge in [-0.1, -0.05) is 6.07 Å². The Morgan fingerprint density at radius 1 is 0.697 bits per heavy atom. The van der Waals surface area contributed by atoms with Gasteiger partial charge < -0.3 is 30.6 Å². The van der Waals surface area contributed by atoms with Gasteiger partial charge in [0.25, 0.3) is 0 Å². The molecule has 0 fully saturated rings. The lowest BCUT2D eigenvalue weighted by molar-refractivity contribution is -0.148. The van der Waals surface area contributed by atoms with E-state index in [1.807, 2.05) is 0 Å². The number of fused-ring (bicyclic) bond motifs is 2. The van der Waals surface area contributed by atoms with E-state index in [1.54, 1.807) is 18.2 Å². The first kappa shape index (κ1) is 26.6. The molecular weight excluding hydrogens is 440 g/mol. The van der Waals surface area contributed by atoms with Crippen LogP contribution in [0.15, 0.2) is 18.2 Å². The Balaban J connectivity index is 2.47. The standard InChI is InChI=1S/C20H30N4O9/c25-10-15(18(28)29)22-4-6-23(16(11-26)19(30)31)8-13-2-1-3-14(21-13)9-24(7-5-22)17(12-27)20(32)33/h1-3,15-17,25-27H,4-12H2,(H,28,29)(H,30,31)(H,32,33). The number of pyridine rings is 1. The van der Waals surface area contributed by atoms with Crippen LogP contribution in [0.1, 0.15) is 11.4 Å². The summed E-state index contributed by atoms with van der Waals surface area (Å²) in [7, 11) is 0. The number of hydrogen-bond acceptors (Lipinski definition) is 10. The lowest BCUT2D eigenvalue weighted by Gasteiger charge is -2.35. The quantitative estimate of drug-likeness (QED) is 0.219. The molecule has 0 saturated heterocycles. The fourth-order valence-corrected chi connectivity index (χ4v) is 3.80. The first-order chi connectivity index (χ1) is 15.7. The summed E-state index contributed by atoms with van der Waals surface area (Å²) in [5.74, 6) is -3.78. The van der Waals surface area contributed by atoms with Crippen molar-refractivity contribution in [3.63, 3.8) is 0 Å². The van der Waals surface area contributed by atoms with E-state index in [4.69, 9.17) is 0 Å². The summed E-state index contributed by atoms with van der Waals surface area (Å²) in [5.41, 5.74) is 0.958. The van der Waals surface area contributed by atoms with E-state index >= 15 is 0 Å². The molecule has 0 aromatic carbocycles. The fourth-order valence-electron chi connectivity index (χ4n) is 3.80. The van der Waals surface area contributed by atoms with E-state index < -0.39 is 55.9 Å². The third kappa shape index (κ3) is 7.15. The Morgan fingerprint density at radius 3 is 1.36 bits per heavy atom. The van der Waals surface area contributed by atoms with Gasteiger partial charge in [0.1, 0.15) is 18.1 Å². The van der Waals surface area contributed by atoms with Gasteiger partial charge in [-0.3, -0.25) is 34.1 Å². The highest BCUT2D eigenvalue weighted by atomic mass is 16.4. The number of rotatable bonds is 9. The minimum absolute atomic E-state index is 0.0195. The molecule has 13 heteroatoms. The van der Waals surface area contributed by atoms with Crippen LogP contribution in [0.2, 0.25) is 0 Å². The SMILES string of the molecule is O=C(O)C(CO)N1CCN(C(CO)C(=O)O)Cc2cccc(n2)CN(C(CO)C(=O)O)CC1. The van der Waals surface area contributed by atoms with Crippen LogP contribution in [0.3, 0.4) is 0 Å². The van der Waals surface area contributed by atoms with E-state index in [2.05, 4.69) is 4.98 Å². The Bertz CT molecular complexity index is 773. The number of hydrogen-bond donors (Lipinski definition) is 6. The maximum Gasteiger partial charge on any atom is 0.323 e. The number of aliphatic hydroxyl groups is 3. The van der Waals surface area contributed by atoms with Crippen molar-refractivity contribution in [2.45, 2.75) is 31.2 Å². The highest BCUT2D eigenvalue weighted by Crippen LogP contribution is 2.14. The van der Waals surface area contributed by atoms with Crippen molar-refractivity contribution in [3.05, 3.63) is 29.6 Å². The molecule has 1 aliphatic heterocycles. The van der Waals surface area contributed by atoms with Crippen molar-refractivity contribution in [1.29, 1.82) is 0 Å². The van der Waals surface area contributed by atoms with Crippen molar-refractivity contribution in [3.8, 4) is 0 Å². The van der Waals surface area contributed by atoms with Gasteiger partial charge in [-0.25, -0.2) is 0 Å². The average molecular weight is 470 g/mol. The monoisotopic (exact) mass is 470 g/mol. The number of carboxylic acid groups (broad SMARTS) is 3. The van der Waals surface area contributed by atoms with Gasteiger partial charge in [0, 0.05) is 39.3 Å². The first-order valence-electron chi connectivity index (χ1n) is 10.4. The van der Waals surface area contributed by atoms with Crippen LogP contribution in [-0.4, -0.2) is 132 Å². The van der Waals surface area contributed by atoms with Gasteiger partial charge in [0.05, 0.1) is 31.2 Å². The van der Waals surface area contributed by atoms with Gasteiger partial charge in [0.2, 0.25) is 0 Å². The molecule has 0 saturated carbocycles. The Hall–Kier alpha value is -2.68. The van der Waals surface area contributed by atoms with Crippen LogP contribution in [0.4, 0.5) is 0 Å². The molecule has 2 bridgehead atoms. The van der Waals surface area contributed by atoms with Crippen LogP contribution in [-0.2, 0) is 27.5 Å². The van der Waals surface area contributed by atoms with Crippen LogP contribution in [0.25, 0.3) is 0 Å².